The number of nitrogens with one attached hydrogen (secondary N) is 1. The molecule has 7 heteroatoms. The van der Waals surface area contributed by atoms with Crippen LogP contribution in [-0.4, -0.2) is 45.7 Å². The van der Waals surface area contributed by atoms with Crippen molar-refractivity contribution >= 4 is 0 Å². The van der Waals surface area contributed by atoms with Crippen LogP contribution in [0.3, 0.4) is 0 Å². The van der Waals surface area contributed by atoms with Crippen molar-refractivity contribution in [1.82, 2.24) is 20.1 Å². The van der Waals surface area contributed by atoms with Gasteiger partial charge in [-0.15, -0.1) is 0 Å². The predicted molar refractivity (Wildman–Crippen MR) is 87.3 cm³/mol. The zero-order valence-electron chi connectivity index (χ0n) is 13.7. The Labute approximate surface area is 140 Å². The average molecular weight is 330 g/mol. The van der Waals surface area contributed by atoms with E-state index in [9.17, 15) is 5.11 Å². The molecule has 0 unspecified atom stereocenters. The van der Waals surface area contributed by atoms with E-state index in [0.717, 1.165) is 42.3 Å². The molecule has 0 fully saturated rings. The van der Waals surface area contributed by atoms with Crippen molar-refractivity contribution < 1.29 is 14.6 Å². The zero-order valence-corrected chi connectivity index (χ0v) is 13.7. The van der Waals surface area contributed by atoms with Gasteiger partial charge in [-0.3, -0.25) is 0 Å². The van der Waals surface area contributed by atoms with Gasteiger partial charge in [-0.05, 0) is 31.0 Å². The maximum Gasteiger partial charge on any atom is 0.161 e. The number of aliphatic hydroxyl groups excluding tert-OH is 1. The Morgan fingerprint density at radius 2 is 2.17 bits per heavy atom. The fourth-order valence-corrected chi connectivity index (χ4v) is 3.26. The molecular formula is C17H22N4O3. The minimum atomic E-state index is -0.584. The second-order valence-electron chi connectivity index (χ2n) is 6.32. The van der Waals surface area contributed by atoms with E-state index < -0.39 is 6.10 Å². The number of fused-ring (bicyclic) bond motifs is 2. The zero-order chi connectivity index (χ0) is 16.5. The molecule has 0 amide bonds. The molecule has 0 saturated carbocycles. The monoisotopic (exact) mass is 330 g/mol. The molecule has 2 aliphatic heterocycles. The van der Waals surface area contributed by atoms with Gasteiger partial charge in [0.15, 0.2) is 11.5 Å². The molecule has 0 aliphatic carbocycles. The first kappa shape index (κ1) is 15.4. The van der Waals surface area contributed by atoms with Gasteiger partial charge in [0, 0.05) is 19.0 Å². The number of rotatable bonds is 4. The minimum absolute atomic E-state index is 0.297. The second-order valence-corrected chi connectivity index (χ2v) is 6.32. The number of aryl methyl sites for hydroxylation is 2. The van der Waals surface area contributed by atoms with E-state index in [2.05, 4.69) is 15.4 Å². The van der Waals surface area contributed by atoms with Gasteiger partial charge >= 0.3 is 0 Å². The first-order valence-electron chi connectivity index (χ1n) is 8.40. The topological polar surface area (TPSA) is 81.4 Å². The van der Waals surface area contributed by atoms with E-state index in [1.54, 1.807) is 0 Å². The molecule has 3 heterocycles. The smallest absolute Gasteiger partial charge is 0.161 e. The molecule has 0 radical (unpaired) electrons. The van der Waals surface area contributed by atoms with E-state index in [1.807, 2.05) is 29.8 Å². The Balaban J connectivity index is 1.36. The van der Waals surface area contributed by atoms with Crippen molar-refractivity contribution in [2.24, 2.45) is 0 Å². The molecule has 1 aromatic carbocycles. The van der Waals surface area contributed by atoms with Gasteiger partial charge in [-0.1, -0.05) is 6.07 Å². The highest BCUT2D eigenvalue weighted by molar-refractivity contribution is 5.44. The number of aromatic nitrogens is 3. The van der Waals surface area contributed by atoms with Crippen LogP contribution in [0.25, 0.3) is 0 Å². The number of hydrogen-bond acceptors (Lipinski definition) is 6. The van der Waals surface area contributed by atoms with Gasteiger partial charge in [0.25, 0.3) is 0 Å². The third-order valence-corrected chi connectivity index (χ3v) is 4.51. The maximum atomic E-state index is 10.5. The highest BCUT2D eigenvalue weighted by Gasteiger charge is 2.22. The summed E-state index contributed by atoms with van der Waals surface area (Å²) in [5.74, 6) is 3.32. The van der Waals surface area contributed by atoms with E-state index >= 15 is 0 Å². The highest BCUT2D eigenvalue weighted by Crippen LogP contribution is 2.32. The summed E-state index contributed by atoms with van der Waals surface area (Å²) in [5, 5.41) is 18.3. The van der Waals surface area contributed by atoms with Crippen molar-refractivity contribution in [2.75, 3.05) is 19.8 Å². The molecule has 128 valence electrons. The van der Waals surface area contributed by atoms with Gasteiger partial charge in [0.1, 0.15) is 24.9 Å². The van der Waals surface area contributed by atoms with Crippen molar-refractivity contribution in [2.45, 2.75) is 38.5 Å². The lowest BCUT2D eigenvalue weighted by atomic mass is 10.1. The molecule has 2 N–H and O–H groups in total. The summed E-state index contributed by atoms with van der Waals surface area (Å²) in [5.41, 5.74) is 0.833. The lowest BCUT2D eigenvalue weighted by Gasteiger charge is -2.25. The van der Waals surface area contributed by atoms with Crippen molar-refractivity contribution in [1.29, 1.82) is 0 Å². The summed E-state index contributed by atoms with van der Waals surface area (Å²) in [6, 6.07) is 5.91. The largest absolute Gasteiger partial charge is 0.486 e. The minimum Gasteiger partial charge on any atom is -0.486 e. The first-order chi connectivity index (χ1) is 11.7. The Morgan fingerprint density at radius 3 is 3.04 bits per heavy atom. The molecule has 1 aromatic heterocycles. The third-order valence-electron chi connectivity index (χ3n) is 4.51. The quantitative estimate of drug-likeness (QED) is 0.870. The van der Waals surface area contributed by atoms with E-state index in [0.29, 0.717) is 31.5 Å². The average Bonchev–Trinajstić information content (AvgIpc) is 2.98. The summed E-state index contributed by atoms with van der Waals surface area (Å²) < 4.78 is 13.1. The summed E-state index contributed by atoms with van der Waals surface area (Å²) in [6.07, 6.45) is 1.34. The molecular weight excluding hydrogens is 308 g/mol. The number of benzene rings is 1. The molecule has 2 atom stereocenters. The molecule has 7 nitrogen and oxygen atoms in total. The van der Waals surface area contributed by atoms with Crippen LogP contribution in [0.15, 0.2) is 18.2 Å². The second kappa shape index (κ2) is 6.41. The van der Waals surface area contributed by atoms with Crippen LogP contribution in [0, 0.1) is 6.92 Å². The van der Waals surface area contributed by atoms with Crippen LogP contribution < -0.4 is 14.8 Å². The summed E-state index contributed by atoms with van der Waals surface area (Å²) in [4.78, 5) is 4.42. The molecule has 2 aliphatic rings. The maximum absolute atomic E-state index is 10.5. The molecule has 24 heavy (non-hydrogen) atoms. The van der Waals surface area contributed by atoms with Crippen LogP contribution in [0.2, 0.25) is 0 Å². The number of ether oxygens (including phenoxy) is 2. The lowest BCUT2D eigenvalue weighted by Crippen LogP contribution is -2.39. The van der Waals surface area contributed by atoms with Crippen molar-refractivity contribution in [3.8, 4) is 11.5 Å². The predicted octanol–water partition coefficient (Wildman–Crippen LogP) is 0.996. The number of nitrogens with zero attached hydrogens (tertiary/aromatic N) is 3. The van der Waals surface area contributed by atoms with Crippen molar-refractivity contribution in [3.63, 3.8) is 0 Å². The molecule has 0 saturated heterocycles. The van der Waals surface area contributed by atoms with Gasteiger partial charge in [0.05, 0.1) is 12.6 Å². The van der Waals surface area contributed by atoms with Crippen LogP contribution in [0.5, 0.6) is 11.5 Å². The van der Waals surface area contributed by atoms with E-state index in [4.69, 9.17) is 9.47 Å². The normalized spacial score (nSPS) is 20.5. The summed E-state index contributed by atoms with van der Waals surface area (Å²) >= 11 is 0. The standard InChI is InChI=1S/C17H22N4O3/c1-11-19-17-5-3-13(10-21(17)20-11)18-9-14(22)12-2-4-15-16(8-12)24-7-6-23-15/h2,4,8,13-14,18,22H,3,5-7,9-10H2,1H3/t13-,14-/m0/s1. The SMILES string of the molecule is Cc1nc2n(n1)C[C@@H](NC[C@H](O)c1ccc3c(c1)OCCO3)CC2. The molecule has 4 rings (SSSR count). The first-order valence-corrected chi connectivity index (χ1v) is 8.40. The van der Waals surface area contributed by atoms with Crippen LogP contribution in [0.4, 0.5) is 0 Å². The van der Waals surface area contributed by atoms with Gasteiger partial charge < -0.3 is 19.9 Å². The van der Waals surface area contributed by atoms with Crippen LogP contribution >= 0.6 is 0 Å². The lowest BCUT2D eigenvalue weighted by molar-refractivity contribution is 0.158. The fourth-order valence-electron chi connectivity index (χ4n) is 3.26. The number of hydrogen-bond donors (Lipinski definition) is 2. The third kappa shape index (κ3) is 3.09. The fraction of sp³-hybridized carbons (Fsp3) is 0.529. The molecule has 0 spiro atoms. The molecule has 0 bridgehead atoms. The molecule has 2 aromatic rings. The Morgan fingerprint density at radius 1 is 1.33 bits per heavy atom. The Bertz CT molecular complexity index is 731. The summed E-state index contributed by atoms with van der Waals surface area (Å²) in [6.45, 7) is 4.32. The Hall–Kier alpha value is -2.12. The van der Waals surface area contributed by atoms with Gasteiger partial charge in [-0.2, -0.15) is 5.10 Å². The van der Waals surface area contributed by atoms with Gasteiger partial charge in [-0.25, -0.2) is 9.67 Å². The summed E-state index contributed by atoms with van der Waals surface area (Å²) in [7, 11) is 0. The Kier molecular flexibility index (Phi) is 4.12. The highest BCUT2D eigenvalue weighted by atomic mass is 16.6. The van der Waals surface area contributed by atoms with Gasteiger partial charge in [0.2, 0.25) is 0 Å². The van der Waals surface area contributed by atoms with Crippen LogP contribution in [-0.2, 0) is 13.0 Å². The van der Waals surface area contributed by atoms with Crippen molar-refractivity contribution in [3.05, 3.63) is 35.4 Å². The number of aliphatic hydroxyl groups is 1. The van der Waals surface area contributed by atoms with Crippen LogP contribution in [0.1, 0.15) is 29.7 Å². The van der Waals surface area contributed by atoms with E-state index in [1.165, 1.54) is 0 Å². The van der Waals surface area contributed by atoms with E-state index in [-0.39, 0.29) is 0 Å².